The average Bonchev–Trinajstić information content (AvgIpc) is 2.48. The zero-order valence-electron chi connectivity index (χ0n) is 13.1. The molecule has 7 heteroatoms. The molecule has 0 radical (unpaired) electrons. The Labute approximate surface area is 136 Å². The summed E-state index contributed by atoms with van der Waals surface area (Å²) in [6.07, 6.45) is 3.53. The Morgan fingerprint density at radius 2 is 1.95 bits per heavy atom. The van der Waals surface area contributed by atoms with Crippen LogP contribution in [0.2, 0.25) is 0 Å². The molecule has 1 aromatic rings. The monoisotopic (exact) mass is 377 g/mol. The van der Waals surface area contributed by atoms with Gasteiger partial charge in [-0.05, 0) is 27.9 Å². The van der Waals surface area contributed by atoms with Gasteiger partial charge in [-0.15, -0.1) is 0 Å². The number of anilines is 1. The van der Waals surface area contributed by atoms with E-state index in [0.29, 0.717) is 29.3 Å². The standard InChI is InChI=1S/C14H24BrN3O2S/c1-5-11(6-2)10-18(7-3)21(19,20)13-8-12(15)9-17-14(13)16-4/h8-9,11H,5-7,10H2,1-4H3,(H,16,17). The van der Waals surface area contributed by atoms with Crippen molar-refractivity contribution in [3.8, 4) is 0 Å². The van der Waals surface area contributed by atoms with E-state index in [1.54, 1.807) is 19.3 Å². The average molecular weight is 378 g/mol. The summed E-state index contributed by atoms with van der Waals surface area (Å²) in [5.74, 6) is 0.749. The van der Waals surface area contributed by atoms with Crippen molar-refractivity contribution >= 4 is 31.8 Å². The van der Waals surface area contributed by atoms with E-state index in [0.717, 1.165) is 12.8 Å². The van der Waals surface area contributed by atoms with Crippen molar-refractivity contribution in [2.75, 3.05) is 25.5 Å². The van der Waals surface area contributed by atoms with Crippen LogP contribution in [0.5, 0.6) is 0 Å². The van der Waals surface area contributed by atoms with Crippen molar-refractivity contribution < 1.29 is 8.42 Å². The minimum Gasteiger partial charge on any atom is -0.372 e. The maximum absolute atomic E-state index is 12.9. The van der Waals surface area contributed by atoms with Crippen LogP contribution < -0.4 is 5.32 Å². The van der Waals surface area contributed by atoms with Gasteiger partial charge in [0.1, 0.15) is 10.7 Å². The normalized spacial score (nSPS) is 12.1. The van der Waals surface area contributed by atoms with Crippen molar-refractivity contribution in [1.29, 1.82) is 0 Å². The molecule has 0 fully saturated rings. The van der Waals surface area contributed by atoms with Crippen molar-refractivity contribution in [2.24, 2.45) is 5.92 Å². The molecule has 0 atom stereocenters. The maximum Gasteiger partial charge on any atom is 0.246 e. The number of hydrogen-bond donors (Lipinski definition) is 1. The first-order valence-electron chi connectivity index (χ1n) is 7.24. The largest absolute Gasteiger partial charge is 0.372 e. The Hall–Kier alpha value is -0.660. The number of nitrogens with zero attached hydrogens (tertiary/aromatic N) is 2. The van der Waals surface area contributed by atoms with E-state index in [-0.39, 0.29) is 4.90 Å². The first-order valence-corrected chi connectivity index (χ1v) is 9.47. The van der Waals surface area contributed by atoms with Crippen LogP contribution >= 0.6 is 15.9 Å². The molecule has 0 saturated carbocycles. The molecule has 120 valence electrons. The van der Waals surface area contributed by atoms with Gasteiger partial charge in [0.05, 0.1) is 0 Å². The molecular formula is C14H24BrN3O2S. The number of pyridine rings is 1. The van der Waals surface area contributed by atoms with E-state index in [9.17, 15) is 8.42 Å². The molecule has 1 N–H and O–H groups in total. The van der Waals surface area contributed by atoms with Gasteiger partial charge in [0.15, 0.2) is 0 Å². The van der Waals surface area contributed by atoms with Crippen LogP contribution in [0.1, 0.15) is 33.6 Å². The van der Waals surface area contributed by atoms with Crippen LogP contribution in [0.4, 0.5) is 5.82 Å². The number of nitrogens with one attached hydrogen (secondary N) is 1. The first-order chi connectivity index (χ1) is 9.90. The fraction of sp³-hybridized carbons (Fsp3) is 0.643. The Morgan fingerprint density at radius 3 is 2.43 bits per heavy atom. The first kappa shape index (κ1) is 18.4. The Balaban J connectivity index is 3.21. The summed E-state index contributed by atoms with van der Waals surface area (Å²) in [7, 11) is -1.88. The molecule has 0 amide bonds. The summed E-state index contributed by atoms with van der Waals surface area (Å²) in [4.78, 5) is 4.35. The third-order valence-electron chi connectivity index (χ3n) is 3.64. The highest BCUT2D eigenvalue weighted by Gasteiger charge is 2.28. The lowest BCUT2D eigenvalue weighted by Gasteiger charge is -2.25. The van der Waals surface area contributed by atoms with Crippen LogP contribution in [-0.4, -0.2) is 37.8 Å². The number of aromatic nitrogens is 1. The molecule has 0 aliphatic heterocycles. The SMILES string of the molecule is CCC(CC)CN(CC)S(=O)(=O)c1cc(Br)cnc1NC. The fourth-order valence-corrected chi connectivity index (χ4v) is 4.36. The Bertz CT molecular complexity index is 559. The summed E-state index contributed by atoms with van der Waals surface area (Å²) in [6.45, 7) is 7.04. The molecule has 0 aliphatic rings. The highest BCUT2D eigenvalue weighted by Crippen LogP contribution is 2.26. The molecule has 5 nitrogen and oxygen atoms in total. The molecule has 0 aromatic carbocycles. The van der Waals surface area contributed by atoms with Crippen molar-refractivity contribution in [3.63, 3.8) is 0 Å². The van der Waals surface area contributed by atoms with E-state index < -0.39 is 10.0 Å². The molecule has 1 rings (SSSR count). The quantitative estimate of drug-likeness (QED) is 0.754. The third kappa shape index (κ3) is 4.40. The van der Waals surface area contributed by atoms with Crippen LogP contribution in [0.15, 0.2) is 21.6 Å². The van der Waals surface area contributed by atoms with Crippen LogP contribution in [-0.2, 0) is 10.0 Å². The zero-order valence-corrected chi connectivity index (χ0v) is 15.5. The van der Waals surface area contributed by atoms with Gasteiger partial charge in [0.25, 0.3) is 0 Å². The van der Waals surface area contributed by atoms with E-state index in [4.69, 9.17) is 0 Å². The van der Waals surface area contributed by atoms with Crippen molar-refractivity contribution in [1.82, 2.24) is 9.29 Å². The number of halogens is 1. The van der Waals surface area contributed by atoms with Gasteiger partial charge in [-0.3, -0.25) is 0 Å². The molecule has 0 aliphatic carbocycles. The number of sulfonamides is 1. The van der Waals surface area contributed by atoms with Gasteiger partial charge in [-0.2, -0.15) is 4.31 Å². The second kappa shape index (κ2) is 8.10. The lowest BCUT2D eigenvalue weighted by atomic mass is 10.0. The van der Waals surface area contributed by atoms with Gasteiger partial charge in [-0.1, -0.05) is 33.6 Å². The molecular weight excluding hydrogens is 354 g/mol. The minimum atomic E-state index is -3.55. The second-order valence-corrected chi connectivity index (χ2v) is 7.71. The smallest absolute Gasteiger partial charge is 0.246 e. The summed E-state index contributed by atoms with van der Waals surface area (Å²) in [5, 5.41) is 2.85. The van der Waals surface area contributed by atoms with Gasteiger partial charge in [0, 0.05) is 30.8 Å². The lowest BCUT2D eigenvalue weighted by Crippen LogP contribution is -2.35. The summed E-state index contributed by atoms with van der Waals surface area (Å²) in [5.41, 5.74) is 0. The van der Waals surface area contributed by atoms with E-state index in [1.165, 1.54) is 4.31 Å². The zero-order chi connectivity index (χ0) is 16.0. The molecule has 0 bridgehead atoms. The van der Waals surface area contributed by atoms with Crippen molar-refractivity contribution in [3.05, 3.63) is 16.7 Å². The predicted molar refractivity (Wildman–Crippen MR) is 90.0 cm³/mol. The highest BCUT2D eigenvalue weighted by molar-refractivity contribution is 9.10. The molecule has 0 spiro atoms. The minimum absolute atomic E-state index is 0.215. The van der Waals surface area contributed by atoms with Crippen LogP contribution in [0.3, 0.4) is 0 Å². The maximum atomic E-state index is 12.9. The summed E-state index contributed by atoms with van der Waals surface area (Å²) >= 11 is 3.29. The number of hydrogen-bond acceptors (Lipinski definition) is 4. The van der Waals surface area contributed by atoms with Gasteiger partial charge >= 0.3 is 0 Å². The highest BCUT2D eigenvalue weighted by atomic mass is 79.9. The molecule has 0 saturated heterocycles. The molecule has 21 heavy (non-hydrogen) atoms. The summed E-state index contributed by atoms with van der Waals surface area (Å²) in [6, 6.07) is 1.60. The van der Waals surface area contributed by atoms with Crippen molar-refractivity contribution in [2.45, 2.75) is 38.5 Å². The fourth-order valence-electron chi connectivity index (χ4n) is 2.18. The van der Waals surface area contributed by atoms with Crippen LogP contribution in [0.25, 0.3) is 0 Å². The molecule has 1 heterocycles. The van der Waals surface area contributed by atoms with E-state index >= 15 is 0 Å². The molecule has 0 unspecified atom stereocenters. The second-order valence-electron chi connectivity index (χ2n) is 4.89. The third-order valence-corrected chi connectivity index (χ3v) is 6.03. The Morgan fingerprint density at radius 1 is 1.33 bits per heavy atom. The predicted octanol–water partition coefficient (Wildman–Crippen LogP) is 3.33. The topological polar surface area (TPSA) is 62.3 Å². The van der Waals surface area contributed by atoms with Crippen LogP contribution in [0, 0.1) is 5.92 Å². The number of rotatable bonds is 8. The summed E-state index contributed by atoms with van der Waals surface area (Å²) < 4.78 is 28.0. The lowest BCUT2D eigenvalue weighted by molar-refractivity contribution is 0.339. The van der Waals surface area contributed by atoms with E-state index in [2.05, 4.69) is 40.1 Å². The molecule has 1 aromatic heterocycles. The Kier molecular flexibility index (Phi) is 7.09. The van der Waals surface area contributed by atoms with E-state index in [1.807, 2.05) is 6.92 Å². The van der Waals surface area contributed by atoms with Gasteiger partial charge in [-0.25, -0.2) is 13.4 Å². The van der Waals surface area contributed by atoms with Gasteiger partial charge < -0.3 is 5.32 Å². The van der Waals surface area contributed by atoms with Gasteiger partial charge in [0.2, 0.25) is 10.0 Å².